The number of benzene rings is 2. The van der Waals surface area contributed by atoms with Gasteiger partial charge in [0.2, 0.25) is 0 Å². The van der Waals surface area contributed by atoms with Gasteiger partial charge in [-0.15, -0.1) is 9.19 Å². The van der Waals surface area contributed by atoms with E-state index in [0.717, 1.165) is 11.1 Å². The number of nitrogens with zero attached hydrogens (tertiary/aromatic N) is 3. The monoisotopic (exact) mass is 385 g/mol. The summed E-state index contributed by atoms with van der Waals surface area (Å²) in [5.74, 6) is 0.221. The van der Waals surface area contributed by atoms with Crippen molar-refractivity contribution in [3.63, 3.8) is 0 Å². The van der Waals surface area contributed by atoms with Crippen LogP contribution in [0.15, 0.2) is 69.1 Å². The van der Waals surface area contributed by atoms with E-state index in [-0.39, 0.29) is 17.3 Å². The molecule has 0 saturated heterocycles. The zero-order chi connectivity index (χ0) is 19.6. The van der Waals surface area contributed by atoms with E-state index in [4.69, 9.17) is 0 Å². The largest absolute Gasteiger partial charge is 0.347 e. The highest BCUT2D eigenvalue weighted by Gasteiger charge is 2.24. The van der Waals surface area contributed by atoms with Crippen molar-refractivity contribution in [2.45, 2.75) is 31.7 Å². The Bertz CT molecular complexity index is 1180. The van der Waals surface area contributed by atoms with Gasteiger partial charge in [0.05, 0.1) is 11.4 Å². The highest BCUT2D eigenvalue weighted by molar-refractivity contribution is 7.89. The Morgan fingerprint density at radius 3 is 2.15 bits per heavy atom. The lowest BCUT2D eigenvalue weighted by atomic mass is 10.2. The molecule has 2 aromatic carbocycles. The molecule has 3 rings (SSSR count). The fourth-order valence-electron chi connectivity index (χ4n) is 2.68. The molecule has 0 aliphatic heterocycles. The van der Waals surface area contributed by atoms with Crippen molar-refractivity contribution in [3.05, 3.63) is 92.3 Å². The maximum absolute atomic E-state index is 12.8. The van der Waals surface area contributed by atoms with Crippen molar-refractivity contribution < 1.29 is 8.42 Å². The lowest BCUT2D eigenvalue weighted by Crippen LogP contribution is -2.46. The third kappa shape index (κ3) is 3.61. The number of hydrogen-bond donors (Lipinski definition) is 0. The molecule has 0 radical (unpaired) electrons. The van der Waals surface area contributed by atoms with E-state index in [1.807, 2.05) is 37.3 Å². The van der Waals surface area contributed by atoms with E-state index in [0.29, 0.717) is 10.5 Å². The Hall–Kier alpha value is -3.00. The lowest BCUT2D eigenvalue weighted by molar-refractivity contribution is 0.554. The summed E-state index contributed by atoms with van der Waals surface area (Å²) in [4.78, 5) is 25.1. The predicted octanol–water partition coefficient (Wildman–Crippen LogP) is 1.56. The first kappa shape index (κ1) is 18.8. The van der Waals surface area contributed by atoms with Gasteiger partial charge >= 0.3 is 11.1 Å². The Balaban J connectivity index is 2.16. The van der Waals surface area contributed by atoms with Gasteiger partial charge in [-0.2, -0.15) is 8.42 Å². The minimum Gasteiger partial charge on any atom is -0.286 e. The molecular weight excluding hydrogens is 366 g/mol. The molecule has 0 amide bonds. The van der Waals surface area contributed by atoms with Crippen molar-refractivity contribution >= 4 is 10.0 Å². The summed E-state index contributed by atoms with van der Waals surface area (Å²) in [6, 6.07) is 15.1. The molecule has 0 atom stereocenters. The van der Waals surface area contributed by atoms with Gasteiger partial charge in [0, 0.05) is 6.42 Å². The molecule has 0 N–H and O–H groups in total. The van der Waals surface area contributed by atoms with Crippen LogP contribution in [-0.4, -0.2) is 22.2 Å². The van der Waals surface area contributed by atoms with Crippen LogP contribution >= 0.6 is 0 Å². The van der Waals surface area contributed by atoms with Crippen LogP contribution in [0, 0.1) is 6.92 Å². The van der Waals surface area contributed by atoms with Gasteiger partial charge in [-0.05, 0) is 24.6 Å². The van der Waals surface area contributed by atoms with Crippen LogP contribution < -0.4 is 11.1 Å². The van der Waals surface area contributed by atoms with Crippen LogP contribution in [0.2, 0.25) is 0 Å². The highest BCUT2D eigenvalue weighted by Crippen LogP contribution is 2.12. The average Bonchev–Trinajstić information content (AvgIpc) is 2.66. The van der Waals surface area contributed by atoms with Crippen LogP contribution in [0.5, 0.6) is 0 Å². The van der Waals surface area contributed by atoms with Crippen LogP contribution in [-0.2, 0) is 23.0 Å². The van der Waals surface area contributed by atoms with Crippen molar-refractivity contribution in [1.29, 1.82) is 0 Å². The molecule has 27 heavy (non-hydrogen) atoms. The van der Waals surface area contributed by atoms with E-state index in [9.17, 15) is 18.0 Å². The molecule has 3 aromatic rings. The second-order valence-corrected chi connectivity index (χ2v) is 7.88. The Morgan fingerprint density at radius 2 is 1.56 bits per heavy atom. The van der Waals surface area contributed by atoms with Gasteiger partial charge in [-0.1, -0.05) is 55.0 Å². The molecule has 140 valence electrons. The summed E-state index contributed by atoms with van der Waals surface area (Å²) in [5.41, 5.74) is -0.415. The molecule has 0 bridgehead atoms. The maximum Gasteiger partial charge on any atom is 0.347 e. The van der Waals surface area contributed by atoms with E-state index in [2.05, 4.69) is 5.10 Å². The molecule has 0 unspecified atom stereocenters. The first-order chi connectivity index (χ1) is 12.8. The summed E-state index contributed by atoms with van der Waals surface area (Å²) in [7, 11) is -4.25. The summed E-state index contributed by atoms with van der Waals surface area (Å²) < 4.78 is 27.1. The summed E-state index contributed by atoms with van der Waals surface area (Å²) in [6.45, 7) is 3.72. The third-order valence-electron chi connectivity index (χ3n) is 4.17. The van der Waals surface area contributed by atoms with Crippen molar-refractivity contribution in [2.24, 2.45) is 0 Å². The molecule has 0 spiro atoms. The van der Waals surface area contributed by atoms with Crippen LogP contribution in [0.3, 0.4) is 0 Å². The number of rotatable bonds is 5. The Morgan fingerprint density at radius 1 is 0.926 bits per heavy atom. The van der Waals surface area contributed by atoms with E-state index < -0.39 is 21.1 Å². The van der Waals surface area contributed by atoms with Crippen molar-refractivity contribution in [3.8, 4) is 0 Å². The van der Waals surface area contributed by atoms with Crippen LogP contribution in [0.25, 0.3) is 0 Å². The SMILES string of the molecule is CCc1nn(S(=O)(=O)c2ccc(C)cc2)c(=O)c(=O)n1Cc1ccccc1. The minimum atomic E-state index is -4.25. The fraction of sp³-hybridized carbons (Fsp3) is 0.211. The second-order valence-electron chi connectivity index (χ2n) is 6.11. The van der Waals surface area contributed by atoms with Crippen molar-refractivity contribution in [1.82, 2.24) is 13.8 Å². The zero-order valence-electron chi connectivity index (χ0n) is 15.0. The maximum atomic E-state index is 12.8. The quantitative estimate of drug-likeness (QED) is 0.622. The molecular formula is C19H19N3O4S. The van der Waals surface area contributed by atoms with Gasteiger partial charge < -0.3 is 0 Å². The zero-order valence-corrected chi connectivity index (χ0v) is 15.8. The normalized spacial score (nSPS) is 11.5. The van der Waals surface area contributed by atoms with Gasteiger partial charge in [-0.25, -0.2) is 0 Å². The lowest BCUT2D eigenvalue weighted by Gasteiger charge is -2.13. The summed E-state index contributed by atoms with van der Waals surface area (Å²) >= 11 is 0. The van der Waals surface area contributed by atoms with E-state index in [1.165, 1.54) is 16.7 Å². The molecule has 0 aliphatic carbocycles. The Labute approximate surface area is 156 Å². The number of hydrogen-bond acceptors (Lipinski definition) is 5. The smallest absolute Gasteiger partial charge is 0.286 e. The van der Waals surface area contributed by atoms with Gasteiger partial charge in [-0.3, -0.25) is 14.2 Å². The Kier molecular flexibility index (Phi) is 5.09. The molecule has 1 heterocycles. The summed E-state index contributed by atoms with van der Waals surface area (Å²) in [6.07, 6.45) is 0.297. The third-order valence-corrected chi connectivity index (χ3v) is 5.74. The van der Waals surface area contributed by atoms with E-state index in [1.54, 1.807) is 19.1 Å². The van der Waals surface area contributed by atoms with Gasteiger partial charge in [0.15, 0.2) is 0 Å². The molecule has 7 nitrogen and oxygen atoms in total. The first-order valence-electron chi connectivity index (χ1n) is 8.44. The number of aryl methyl sites for hydroxylation is 2. The molecule has 0 fully saturated rings. The van der Waals surface area contributed by atoms with E-state index >= 15 is 0 Å². The molecule has 8 heteroatoms. The molecule has 0 saturated carbocycles. The minimum absolute atomic E-state index is 0.0926. The average molecular weight is 385 g/mol. The summed E-state index contributed by atoms with van der Waals surface area (Å²) in [5, 5.41) is 4.00. The second kappa shape index (κ2) is 7.32. The van der Waals surface area contributed by atoms with Crippen molar-refractivity contribution in [2.75, 3.05) is 0 Å². The van der Waals surface area contributed by atoms with Crippen LogP contribution in [0.4, 0.5) is 0 Å². The van der Waals surface area contributed by atoms with Gasteiger partial charge in [0.1, 0.15) is 5.82 Å². The topological polar surface area (TPSA) is 91.0 Å². The standard InChI is InChI=1S/C19H19N3O4S/c1-3-17-20-22(27(25,26)16-11-9-14(2)10-12-16)19(24)18(23)21(17)13-15-7-5-4-6-8-15/h4-12H,3,13H2,1-2H3. The first-order valence-corrected chi connectivity index (χ1v) is 9.88. The molecule has 0 aliphatic rings. The van der Waals surface area contributed by atoms with Gasteiger partial charge in [0.25, 0.3) is 10.0 Å². The molecule has 1 aromatic heterocycles. The highest BCUT2D eigenvalue weighted by atomic mass is 32.2. The fourth-order valence-corrected chi connectivity index (χ4v) is 3.86. The predicted molar refractivity (Wildman–Crippen MR) is 101 cm³/mol. The number of aromatic nitrogens is 3. The van der Waals surface area contributed by atoms with Crippen LogP contribution in [0.1, 0.15) is 23.9 Å².